The standard InChI is InChI=1S/C20H22F3N3O4S/c1-14-10-15(11-18(25-14)30-13-20(21,22)23)12-24-19(27)17-8-5-9-26(17)31(28,29)16-6-3-2-4-7-16/h2-4,6-7,10-11,17H,5,8-9,12-13H2,1H3,(H,24,27)/t17-/m0/s1. The van der Waals surface area contributed by atoms with Gasteiger partial charge in [0, 0.05) is 24.8 Å². The molecule has 0 aliphatic carbocycles. The number of nitrogens with one attached hydrogen (secondary N) is 1. The molecule has 1 aromatic carbocycles. The second-order valence-corrected chi connectivity index (χ2v) is 9.05. The molecule has 1 fully saturated rings. The minimum atomic E-state index is -4.49. The van der Waals surface area contributed by atoms with Gasteiger partial charge in [-0.2, -0.15) is 17.5 Å². The maximum absolute atomic E-state index is 12.9. The van der Waals surface area contributed by atoms with E-state index in [1.54, 1.807) is 31.2 Å². The number of ether oxygens (including phenoxy) is 1. The largest absolute Gasteiger partial charge is 0.468 e. The zero-order valence-corrected chi connectivity index (χ0v) is 17.5. The Bertz CT molecular complexity index is 1030. The maximum Gasteiger partial charge on any atom is 0.422 e. The molecule has 11 heteroatoms. The van der Waals surface area contributed by atoms with Crippen LogP contribution in [0.5, 0.6) is 5.88 Å². The number of pyridine rings is 1. The van der Waals surface area contributed by atoms with E-state index in [1.165, 1.54) is 22.5 Å². The van der Waals surface area contributed by atoms with Crippen LogP contribution in [0.25, 0.3) is 0 Å². The number of amides is 1. The van der Waals surface area contributed by atoms with Crippen LogP contribution in [-0.4, -0.2) is 49.0 Å². The summed E-state index contributed by atoms with van der Waals surface area (Å²) < 4.78 is 68.7. The molecule has 3 rings (SSSR count). The van der Waals surface area contributed by atoms with Gasteiger partial charge in [0.25, 0.3) is 0 Å². The summed E-state index contributed by atoms with van der Waals surface area (Å²) in [5, 5.41) is 2.67. The highest BCUT2D eigenvalue weighted by Crippen LogP contribution is 2.26. The van der Waals surface area contributed by atoms with Crippen LogP contribution in [0.4, 0.5) is 13.2 Å². The number of hydrogen-bond donors (Lipinski definition) is 1. The predicted molar refractivity (Wildman–Crippen MR) is 106 cm³/mol. The van der Waals surface area contributed by atoms with Crippen molar-refractivity contribution in [2.45, 2.75) is 43.4 Å². The second-order valence-electron chi connectivity index (χ2n) is 7.16. The molecule has 0 spiro atoms. The third kappa shape index (κ3) is 5.95. The predicted octanol–water partition coefficient (Wildman–Crippen LogP) is 2.80. The molecule has 31 heavy (non-hydrogen) atoms. The van der Waals surface area contributed by atoms with E-state index in [0.717, 1.165) is 0 Å². The molecule has 1 aliphatic rings. The number of sulfonamides is 1. The van der Waals surface area contributed by atoms with Crippen molar-refractivity contribution in [3.8, 4) is 5.88 Å². The Morgan fingerprint density at radius 2 is 1.97 bits per heavy atom. The Kier molecular flexibility index (Phi) is 6.85. The maximum atomic E-state index is 12.9. The smallest absolute Gasteiger partial charge is 0.422 e. The minimum Gasteiger partial charge on any atom is -0.468 e. The Labute approximate surface area is 178 Å². The zero-order chi connectivity index (χ0) is 22.6. The number of halogens is 3. The van der Waals surface area contributed by atoms with E-state index in [2.05, 4.69) is 15.0 Å². The number of alkyl halides is 3. The van der Waals surface area contributed by atoms with E-state index in [0.29, 0.717) is 24.1 Å². The van der Waals surface area contributed by atoms with Crippen LogP contribution in [0.2, 0.25) is 0 Å². The van der Waals surface area contributed by atoms with Gasteiger partial charge in [-0.15, -0.1) is 0 Å². The second kappa shape index (κ2) is 9.23. The van der Waals surface area contributed by atoms with E-state index in [1.807, 2.05) is 0 Å². The molecule has 7 nitrogen and oxygen atoms in total. The first-order valence-electron chi connectivity index (χ1n) is 9.58. The van der Waals surface area contributed by atoms with Crippen molar-refractivity contribution in [3.63, 3.8) is 0 Å². The summed E-state index contributed by atoms with van der Waals surface area (Å²) >= 11 is 0. The van der Waals surface area contributed by atoms with Crippen molar-refractivity contribution in [1.29, 1.82) is 0 Å². The van der Waals surface area contributed by atoms with E-state index in [9.17, 15) is 26.4 Å². The number of hydrogen-bond acceptors (Lipinski definition) is 5. The van der Waals surface area contributed by atoms with Crippen LogP contribution < -0.4 is 10.1 Å². The first-order valence-corrected chi connectivity index (χ1v) is 11.0. The SMILES string of the molecule is Cc1cc(CNC(=O)[C@@H]2CCCN2S(=O)(=O)c2ccccc2)cc(OCC(F)(F)F)n1. The molecule has 0 radical (unpaired) electrons. The molecule has 2 aromatic rings. The molecule has 1 aliphatic heterocycles. The first kappa shape index (κ1) is 23.0. The lowest BCUT2D eigenvalue weighted by Gasteiger charge is -2.23. The molecule has 168 valence electrons. The van der Waals surface area contributed by atoms with Gasteiger partial charge in [0.15, 0.2) is 6.61 Å². The molecule has 0 saturated carbocycles. The molecule has 0 bridgehead atoms. The van der Waals surface area contributed by atoms with E-state index < -0.39 is 34.8 Å². The van der Waals surface area contributed by atoms with Crippen molar-refractivity contribution in [2.24, 2.45) is 0 Å². The van der Waals surface area contributed by atoms with Crippen molar-refractivity contribution in [3.05, 3.63) is 53.7 Å². The summed E-state index contributed by atoms with van der Waals surface area (Å²) in [6.07, 6.45) is -3.56. The number of rotatable bonds is 7. The number of aryl methyl sites for hydroxylation is 1. The van der Waals surface area contributed by atoms with Crippen molar-refractivity contribution in [1.82, 2.24) is 14.6 Å². The number of carbonyl (C=O) groups excluding carboxylic acids is 1. The summed E-state index contributed by atoms with van der Waals surface area (Å²) in [6.45, 7) is 0.361. The lowest BCUT2D eigenvalue weighted by Crippen LogP contribution is -2.45. The lowest BCUT2D eigenvalue weighted by atomic mass is 10.2. The Morgan fingerprint density at radius 1 is 1.26 bits per heavy atom. The van der Waals surface area contributed by atoms with Crippen molar-refractivity contribution >= 4 is 15.9 Å². The Balaban J connectivity index is 1.67. The normalized spacial score (nSPS) is 17.5. The van der Waals surface area contributed by atoms with Gasteiger partial charge in [-0.1, -0.05) is 18.2 Å². The fraction of sp³-hybridized carbons (Fsp3) is 0.400. The molecule has 0 unspecified atom stereocenters. The molecule has 1 N–H and O–H groups in total. The van der Waals surface area contributed by atoms with Gasteiger partial charge in [-0.05, 0) is 43.5 Å². The third-order valence-corrected chi connectivity index (χ3v) is 6.62. The number of aromatic nitrogens is 1. The zero-order valence-electron chi connectivity index (χ0n) is 16.7. The molecular weight excluding hydrogens is 435 g/mol. The molecule has 2 heterocycles. The van der Waals surface area contributed by atoms with Gasteiger partial charge in [-0.3, -0.25) is 4.79 Å². The number of carbonyl (C=O) groups is 1. The monoisotopic (exact) mass is 457 g/mol. The fourth-order valence-corrected chi connectivity index (χ4v) is 5.04. The summed E-state index contributed by atoms with van der Waals surface area (Å²) in [5.74, 6) is -0.667. The third-order valence-electron chi connectivity index (χ3n) is 4.70. The van der Waals surface area contributed by atoms with E-state index in [4.69, 9.17) is 0 Å². The topological polar surface area (TPSA) is 88.6 Å². The summed E-state index contributed by atoms with van der Waals surface area (Å²) in [6, 6.07) is 9.95. The van der Waals surface area contributed by atoms with Gasteiger partial charge in [0.2, 0.25) is 21.8 Å². The van der Waals surface area contributed by atoms with Crippen molar-refractivity contribution < 1.29 is 31.1 Å². The average molecular weight is 457 g/mol. The summed E-state index contributed by atoms with van der Waals surface area (Å²) in [4.78, 5) is 16.7. The number of nitrogens with zero attached hydrogens (tertiary/aromatic N) is 2. The van der Waals surface area contributed by atoms with Crippen LogP contribution >= 0.6 is 0 Å². The Hall–Kier alpha value is -2.66. The van der Waals surface area contributed by atoms with Gasteiger partial charge in [0.1, 0.15) is 6.04 Å². The highest BCUT2D eigenvalue weighted by atomic mass is 32.2. The minimum absolute atomic E-state index is 0.000293. The van der Waals surface area contributed by atoms with Crippen LogP contribution in [0.15, 0.2) is 47.4 Å². The van der Waals surface area contributed by atoms with E-state index in [-0.39, 0.29) is 23.9 Å². The highest BCUT2D eigenvalue weighted by molar-refractivity contribution is 7.89. The van der Waals surface area contributed by atoms with Crippen LogP contribution in [0, 0.1) is 6.92 Å². The van der Waals surface area contributed by atoms with Gasteiger partial charge in [-0.25, -0.2) is 13.4 Å². The number of benzene rings is 1. The van der Waals surface area contributed by atoms with Gasteiger partial charge >= 0.3 is 6.18 Å². The summed E-state index contributed by atoms with van der Waals surface area (Å²) in [5.41, 5.74) is 0.923. The molecular formula is C20H22F3N3O4S. The molecule has 1 saturated heterocycles. The fourth-order valence-electron chi connectivity index (χ4n) is 3.36. The first-order chi connectivity index (χ1) is 14.6. The highest BCUT2D eigenvalue weighted by Gasteiger charge is 2.39. The van der Waals surface area contributed by atoms with Crippen LogP contribution in [0.1, 0.15) is 24.1 Å². The quantitative estimate of drug-likeness (QED) is 0.691. The van der Waals surface area contributed by atoms with Gasteiger partial charge in [0.05, 0.1) is 4.90 Å². The molecule has 1 amide bonds. The molecule has 1 atom stereocenters. The van der Waals surface area contributed by atoms with Gasteiger partial charge < -0.3 is 10.1 Å². The average Bonchev–Trinajstić information content (AvgIpc) is 3.21. The van der Waals surface area contributed by atoms with E-state index >= 15 is 0 Å². The van der Waals surface area contributed by atoms with Crippen LogP contribution in [0.3, 0.4) is 0 Å². The van der Waals surface area contributed by atoms with Crippen molar-refractivity contribution in [2.75, 3.05) is 13.2 Å². The molecule has 1 aromatic heterocycles. The summed E-state index contributed by atoms with van der Waals surface area (Å²) in [7, 11) is -3.81. The Morgan fingerprint density at radius 3 is 2.65 bits per heavy atom. The lowest BCUT2D eigenvalue weighted by molar-refractivity contribution is -0.154. The van der Waals surface area contributed by atoms with Crippen LogP contribution in [-0.2, 0) is 21.4 Å².